The molecule has 1 aliphatic heterocycles. The summed E-state index contributed by atoms with van der Waals surface area (Å²) < 4.78 is 46.3. The summed E-state index contributed by atoms with van der Waals surface area (Å²) in [5.74, 6) is -2.16. The zero-order chi connectivity index (χ0) is 19.8. The predicted molar refractivity (Wildman–Crippen MR) is 90.0 cm³/mol. The summed E-state index contributed by atoms with van der Waals surface area (Å²) in [6, 6.07) is 2.47. The van der Waals surface area contributed by atoms with Crippen molar-refractivity contribution in [3.05, 3.63) is 29.0 Å². The van der Waals surface area contributed by atoms with Crippen molar-refractivity contribution in [3.63, 3.8) is 0 Å². The standard InChI is InChI=1S/C17H22ClF3N2O3/c1-15(2,3)26-14(24)23-8-6-16(25,7-9-23)13(17(19,20)21)12-5-4-11(18)10-22-12/h4-5,10,13,25H,6-9H2,1-3H3/t13-/m0/s1. The number of rotatable bonds is 2. The van der Waals surface area contributed by atoms with E-state index in [2.05, 4.69) is 4.98 Å². The van der Waals surface area contributed by atoms with Crippen LogP contribution in [0.4, 0.5) is 18.0 Å². The second kappa shape index (κ2) is 7.23. The molecule has 1 aromatic rings. The molecule has 1 atom stereocenters. The van der Waals surface area contributed by atoms with E-state index in [1.165, 1.54) is 17.0 Å². The van der Waals surface area contributed by atoms with Crippen LogP contribution in [0, 0.1) is 0 Å². The van der Waals surface area contributed by atoms with E-state index in [0.29, 0.717) is 0 Å². The van der Waals surface area contributed by atoms with Crippen molar-refractivity contribution in [2.24, 2.45) is 0 Å². The lowest BCUT2D eigenvalue weighted by Crippen LogP contribution is -2.53. The van der Waals surface area contributed by atoms with Gasteiger partial charge in [0.25, 0.3) is 0 Å². The molecule has 5 nitrogen and oxygen atoms in total. The highest BCUT2D eigenvalue weighted by atomic mass is 35.5. The van der Waals surface area contributed by atoms with Gasteiger partial charge >= 0.3 is 12.3 Å². The molecule has 1 fully saturated rings. The molecule has 0 spiro atoms. The van der Waals surface area contributed by atoms with Gasteiger partial charge in [-0.15, -0.1) is 0 Å². The predicted octanol–water partition coefficient (Wildman–Crippen LogP) is 4.14. The molecular weight excluding hydrogens is 373 g/mol. The number of hydrogen-bond donors (Lipinski definition) is 1. The Balaban J connectivity index is 2.18. The minimum Gasteiger partial charge on any atom is -0.444 e. The first kappa shape index (κ1) is 20.8. The Labute approximate surface area is 155 Å². The van der Waals surface area contributed by atoms with Crippen LogP contribution in [0.3, 0.4) is 0 Å². The van der Waals surface area contributed by atoms with Crippen LogP contribution in [0.25, 0.3) is 0 Å². The molecule has 0 radical (unpaired) electrons. The lowest BCUT2D eigenvalue weighted by Gasteiger charge is -2.43. The molecule has 1 N–H and O–H groups in total. The van der Waals surface area contributed by atoms with E-state index < -0.39 is 29.4 Å². The van der Waals surface area contributed by atoms with E-state index in [-0.39, 0.29) is 36.6 Å². The van der Waals surface area contributed by atoms with Crippen molar-refractivity contribution in [1.29, 1.82) is 0 Å². The van der Waals surface area contributed by atoms with Gasteiger partial charge in [0.2, 0.25) is 0 Å². The summed E-state index contributed by atoms with van der Waals surface area (Å²) in [7, 11) is 0. The number of alkyl halides is 3. The summed E-state index contributed by atoms with van der Waals surface area (Å²) in [4.78, 5) is 17.1. The van der Waals surface area contributed by atoms with Crippen LogP contribution < -0.4 is 0 Å². The molecule has 0 aliphatic carbocycles. The fraction of sp³-hybridized carbons (Fsp3) is 0.647. The van der Waals surface area contributed by atoms with E-state index >= 15 is 0 Å². The number of nitrogens with zero attached hydrogens (tertiary/aromatic N) is 2. The number of likely N-dealkylation sites (tertiary alicyclic amines) is 1. The second-order valence-electron chi connectivity index (χ2n) is 7.45. The van der Waals surface area contributed by atoms with E-state index in [4.69, 9.17) is 16.3 Å². The lowest BCUT2D eigenvalue weighted by atomic mass is 9.77. The van der Waals surface area contributed by atoms with Gasteiger partial charge in [-0.05, 0) is 45.7 Å². The van der Waals surface area contributed by atoms with E-state index in [1.807, 2.05) is 0 Å². The molecule has 0 bridgehead atoms. The Morgan fingerprint density at radius 3 is 2.31 bits per heavy atom. The number of pyridine rings is 1. The van der Waals surface area contributed by atoms with Crippen LogP contribution in [-0.2, 0) is 4.74 Å². The van der Waals surface area contributed by atoms with Crippen LogP contribution in [0.5, 0.6) is 0 Å². The molecule has 1 aromatic heterocycles. The summed E-state index contributed by atoms with van der Waals surface area (Å²) in [5.41, 5.74) is -3.06. The summed E-state index contributed by atoms with van der Waals surface area (Å²) in [5, 5.41) is 11.0. The molecule has 146 valence electrons. The highest BCUT2D eigenvalue weighted by Gasteiger charge is 2.55. The van der Waals surface area contributed by atoms with Crippen molar-refractivity contribution < 1.29 is 27.8 Å². The molecule has 1 amide bonds. The van der Waals surface area contributed by atoms with Gasteiger partial charge in [0.05, 0.1) is 16.3 Å². The molecule has 2 heterocycles. The number of ether oxygens (including phenoxy) is 1. The smallest absolute Gasteiger partial charge is 0.410 e. The lowest BCUT2D eigenvalue weighted by molar-refractivity contribution is -0.205. The third-order valence-electron chi connectivity index (χ3n) is 4.19. The van der Waals surface area contributed by atoms with E-state index in [9.17, 15) is 23.1 Å². The first-order chi connectivity index (χ1) is 11.8. The average Bonchev–Trinajstić information content (AvgIpc) is 2.47. The average molecular weight is 395 g/mol. The Bertz CT molecular complexity index is 636. The Kier molecular flexibility index (Phi) is 5.77. The quantitative estimate of drug-likeness (QED) is 0.818. The van der Waals surface area contributed by atoms with Gasteiger partial charge in [0.1, 0.15) is 11.5 Å². The number of amides is 1. The number of carbonyl (C=O) groups is 1. The number of aromatic nitrogens is 1. The van der Waals surface area contributed by atoms with Gasteiger partial charge in [-0.25, -0.2) is 4.79 Å². The minimum atomic E-state index is -4.69. The number of piperidine rings is 1. The molecule has 2 rings (SSSR count). The van der Waals surface area contributed by atoms with Gasteiger partial charge < -0.3 is 14.7 Å². The molecule has 1 saturated heterocycles. The fourth-order valence-electron chi connectivity index (χ4n) is 3.00. The van der Waals surface area contributed by atoms with Crippen molar-refractivity contribution >= 4 is 17.7 Å². The molecule has 0 saturated carbocycles. The van der Waals surface area contributed by atoms with Crippen molar-refractivity contribution in [1.82, 2.24) is 9.88 Å². The number of aliphatic hydroxyl groups is 1. The van der Waals surface area contributed by atoms with Crippen LogP contribution in [-0.4, -0.2) is 51.6 Å². The first-order valence-electron chi connectivity index (χ1n) is 8.20. The fourth-order valence-corrected chi connectivity index (χ4v) is 3.11. The Morgan fingerprint density at radius 2 is 1.88 bits per heavy atom. The molecule has 1 aliphatic rings. The summed E-state index contributed by atoms with van der Waals surface area (Å²) in [6.07, 6.45) is -4.65. The number of hydrogen-bond acceptors (Lipinski definition) is 4. The Morgan fingerprint density at radius 1 is 1.31 bits per heavy atom. The van der Waals surface area contributed by atoms with Gasteiger partial charge in [-0.1, -0.05) is 11.6 Å². The van der Waals surface area contributed by atoms with Crippen molar-refractivity contribution in [3.8, 4) is 0 Å². The summed E-state index contributed by atoms with van der Waals surface area (Å²) in [6.45, 7) is 5.04. The maximum Gasteiger partial charge on any atom is 0.410 e. The molecular formula is C17H22ClF3N2O3. The van der Waals surface area contributed by atoms with Crippen LogP contribution >= 0.6 is 11.6 Å². The van der Waals surface area contributed by atoms with Gasteiger partial charge in [0.15, 0.2) is 0 Å². The van der Waals surface area contributed by atoms with Crippen LogP contribution in [0.2, 0.25) is 5.02 Å². The van der Waals surface area contributed by atoms with Gasteiger partial charge in [-0.2, -0.15) is 13.2 Å². The summed E-state index contributed by atoms with van der Waals surface area (Å²) >= 11 is 5.69. The third kappa shape index (κ3) is 5.01. The molecule has 0 aromatic carbocycles. The Hall–Kier alpha value is -1.54. The number of carbonyl (C=O) groups excluding carboxylic acids is 1. The topological polar surface area (TPSA) is 62.7 Å². The van der Waals surface area contributed by atoms with E-state index in [1.54, 1.807) is 20.8 Å². The van der Waals surface area contributed by atoms with Gasteiger partial charge in [-0.3, -0.25) is 4.98 Å². The number of halogens is 4. The maximum absolute atomic E-state index is 13.7. The first-order valence-corrected chi connectivity index (χ1v) is 8.58. The van der Waals surface area contributed by atoms with Crippen molar-refractivity contribution in [2.45, 2.75) is 56.9 Å². The SMILES string of the molecule is CC(C)(C)OC(=O)N1CCC(O)([C@H](c2ccc(Cl)cn2)C(F)(F)F)CC1. The third-order valence-corrected chi connectivity index (χ3v) is 4.42. The normalized spacial score (nSPS) is 19.2. The second-order valence-corrected chi connectivity index (χ2v) is 7.88. The van der Waals surface area contributed by atoms with Crippen LogP contribution in [0.15, 0.2) is 18.3 Å². The highest BCUT2D eigenvalue weighted by Crippen LogP contribution is 2.46. The zero-order valence-electron chi connectivity index (χ0n) is 14.8. The highest BCUT2D eigenvalue weighted by molar-refractivity contribution is 6.30. The molecule has 9 heteroatoms. The monoisotopic (exact) mass is 394 g/mol. The molecule has 0 unspecified atom stereocenters. The van der Waals surface area contributed by atoms with E-state index in [0.717, 1.165) is 6.20 Å². The van der Waals surface area contributed by atoms with Crippen molar-refractivity contribution in [2.75, 3.05) is 13.1 Å². The van der Waals surface area contributed by atoms with Crippen LogP contribution in [0.1, 0.15) is 45.2 Å². The molecule has 26 heavy (non-hydrogen) atoms. The van der Waals surface area contributed by atoms with Gasteiger partial charge in [0, 0.05) is 19.3 Å². The largest absolute Gasteiger partial charge is 0.444 e. The maximum atomic E-state index is 13.7. The zero-order valence-corrected chi connectivity index (χ0v) is 15.6. The minimum absolute atomic E-state index is 0.0361.